The smallest absolute Gasteiger partial charge is 0.450 e. The highest BCUT2D eigenvalue weighted by Gasteiger charge is 1.97. The molecular weight excluding hydrogens is 182 g/mol. The summed E-state index contributed by atoms with van der Waals surface area (Å²) in [4.78, 5) is 23.5. The van der Waals surface area contributed by atoms with Crippen molar-refractivity contribution in [3.63, 3.8) is 0 Å². The summed E-state index contributed by atoms with van der Waals surface area (Å²) < 4.78 is 4.21. The quantitative estimate of drug-likeness (QED) is 0.281. The molecule has 0 saturated carbocycles. The van der Waals surface area contributed by atoms with Crippen LogP contribution in [0.25, 0.3) is 0 Å². The normalized spacial score (nSPS) is 9.23. The van der Waals surface area contributed by atoms with Crippen molar-refractivity contribution >= 4 is 6.16 Å². The van der Waals surface area contributed by atoms with Gasteiger partial charge < -0.3 is 14.7 Å². The predicted molar refractivity (Wildman–Crippen MR) is 40.8 cm³/mol. The number of ether oxygens (including phenoxy) is 1. The minimum absolute atomic E-state index is 0.0417. The van der Waals surface area contributed by atoms with Crippen LogP contribution in [0.15, 0.2) is 0 Å². The number of unbranched alkanes of at least 4 members (excludes halogenated alkanes) is 2. The van der Waals surface area contributed by atoms with Crippen LogP contribution in [0.2, 0.25) is 0 Å². The van der Waals surface area contributed by atoms with E-state index in [2.05, 4.69) is 9.57 Å². The fraction of sp³-hybridized carbons (Fsp3) is 0.833. The van der Waals surface area contributed by atoms with Gasteiger partial charge in [-0.15, -0.1) is 10.1 Å². The lowest BCUT2D eigenvalue weighted by Crippen LogP contribution is -2.04. The molecule has 0 bridgehead atoms. The molecule has 0 atom stereocenters. The maximum atomic E-state index is 9.84. The van der Waals surface area contributed by atoms with Gasteiger partial charge in [0.2, 0.25) is 0 Å². The molecule has 1 N–H and O–H groups in total. The molecular formula is C6H11NO6. The first-order chi connectivity index (χ1) is 6.13. The van der Waals surface area contributed by atoms with E-state index in [-0.39, 0.29) is 13.2 Å². The van der Waals surface area contributed by atoms with Gasteiger partial charge in [0.25, 0.3) is 5.09 Å². The predicted octanol–water partition coefficient (Wildman–Crippen LogP) is 1.06. The molecule has 0 heterocycles. The summed E-state index contributed by atoms with van der Waals surface area (Å²) in [5, 5.41) is 16.9. The Hall–Kier alpha value is -1.53. The molecule has 0 aliphatic rings. The standard InChI is InChI=1S/C6H11NO6/c8-6(9)12-4-2-1-3-5-13-7(10)11/h1-5H2,(H,8,9). The van der Waals surface area contributed by atoms with Crippen molar-refractivity contribution in [2.75, 3.05) is 13.2 Å². The van der Waals surface area contributed by atoms with Crippen molar-refractivity contribution in [3.05, 3.63) is 10.1 Å². The van der Waals surface area contributed by atoms with Crippen LogP contribution in [0.5, 0.6) is 0 Å². The SMILES string of the molecule is O=C(O)OCCCCCO[N+](=O)[O-]. The van der Waals surface area contributed by atoms with Crippen LogP contribution < -0.4 is 0 Å². The van der Waals surface area contributed by atoms with E-state index in [9.17, 15) is 14.9 Å². The first-order valence-electron chi connectivity index (χ1n) is 3.76. The summed E-state index contributed by atoms with van der Waals surface area (Å²) in [7, 11) is 0. The zero-order chi connectivity index (χ0) is 10.1. The maximum Gasteiger partial charge on any atom is 0.505 e. The maximum absolute atomic E-state index is 9.84. The van der Waals surface area contributed by atoms with Gasteiger partial charge in [0.1, 0.15) is 0 Å². The van der Waals surface area contributed by atoms with Crippen LogP contribution in [0.3, 0.4) is 0 Å². The van der Waals surface area contributed by atoms with E-state index in [0.29, 0.717) is 19.3 Å². The average Bonchev–Trinajstić information content (AvgIpc) is 2.01. The Balaban J connectivity index is 3.00. The number of rotatable bonds is 7. The summed E-state index contributed by atoms with van der Waals surface area (Å²) in [5.41, 5.74) is 0. The molecule has 0 aliphatic heterocycles. The van der Waals surface area contributed by atoms with E-state index in [1.165, 1.54) is 0 Å². The molecule has 7 heteroatoms. The largest absolute Gasteiger partial charge is 0.505 e. The Morgan fingerprint density at radius 1 is 1.31 bits per heavy atom. The summed E-state index contributed by atoms with van der Waals surface area (Å²) in [6.07, 6.45) is 0.403. The van der Waals surface area contributed by atoms with Gasteiger partial charge in [0.15, 0.2) is 0 Å². The van der Waals surface area contributed by atoms with Gasteiger partial charge in [-0.3, -0.25) is 0 Å². The highest BCUT2D eigenvalue weighted by molar-refractivity contribution is 5.56. The third-order valence-corrected chi connectivity index (χ3v) is 1.21. The molecule has 0 rings (SSSR count). The van der Waals surface area contributed by atoms with Gasteiger partial charge in [0, 0.05) is 0 Å². The van der Waals surface area contributed by atoms with Crippen molar-refractivity contribution in [2.45, 2.75) is 19.3 Å². The van der Waals surface area contributed by atoms with Crippen molar-refractivity contribution in [1.29, 1.82) is 0 Å². The van der Waals surface area contributed by atoms with E-state index in [0.717, 1.165) is 0 Å². The van der Waals surface area contributed by atoms with Gasteiger partial charge >= 0.3 is 6.16 Å². The number of nitrogens with zero attached hydrogens (tertiary/aromatic N) is 1. The Morgan fingerprint density at radius 3 is 2.46 bits per heavy atom. The summed E-state index contributed by atoms with van der Waals surface area (Å²) in [5.74, 6) is 0. The van der Waals surface area contributed by atoms with E-state index in [1.807, 2.05) is 0 Å². The average molecular weight is 193 g/mol. The molecule has 0 aromatic carbocycles. The first-order valence-corrected chi connectivity index (χ1v) is 3.76. The lowest BCUT2D eigenvalue weighted by Gasteiger charge is -2.00. The van der Waals surface area contributed by atoms with Crippen molar-refractivity contribution in [3.8, 4) is 0 Å². The van der Waals surface area contributed by atoms with Gasteiger partial charge in [-0.25, -0.2) is 4.79 Å². The second kappa shape index (κ2) is 7.14. The minimum atomic E-state index is -1.30. The van der Waals surface area contributed by atoms with Gasteiger partial charge in [-0.05, 0) is 19.3 Å². The Bertz CT molecular complexity index is 153. The second-order valence-electron chi connectivity index (χ2n) is 2.23. The van der Waals surface area contributed by atoms with Crippen LogP contribution >= 0.6 is 0 Å². The van der Waals surface area contributed by atoms with Crippen LogP contribution in [0.1, 0.15) is 19.3 Å². The Morgan fingerprint density at radius 2 is 1.92 bits per heavy atom. The molecule has 0 saturated heterocycles. The number of hydrogen-bond acceptors (Lipinski definition) is 5. The van der Waals surface area contributed by atoms with Crippen LogP contribution in [0.4, 0.5) is 4.79 Å². The van der Waals surface area contributed by atoms with Crippen molar-refractivity contribution in [2.24, 2.45) is 0 Å². The highest BCUT2D eigenvalue weighted by atomic mass is 16.9. The van der Waals surface area contributed by atoms with Gasteiger partial charge in [-0.2, -0.15) is 0 Å². The van der Waals surface area contributed by atoms with E-state index in [1.54, 1.807) is 0 Å². The molecule has 0 aliphatic carbocycles. The fourth-order valence-electron chi connectivity index (χ4n) is 0.679. The summed E-state index contributed by atoms with van der Waals surface area (Å²) in [6.45, 7) is 0.161. The Kier molecular flexibility index (Phi) is 6.30. The molecule has 0 fully saturated rings. The topological polar surface area (TPSA) is 98.9 Å². The van der Waals surface area contributed by atoms with Crippen LogP contribution in [0, 0.1) is 10.1 Å². The molecule has 0 spiro atoms. The molecule has 0 amide bonds. The monoisotopic (exact) mass is 193 g/mol. The van der Waals surface area contributed by atoms with E-state index in [4.69, 9.17) is 5.11 Å². The van der Waals surface area contributed by atoms with Gasteiger partial charge in [-0.1, -0.05) is 0 Å². The zero-order valence-corrected chi connectivity index (χ0v) is 6.97. The van der Waals surface area contributed by atoms with E-state index < -0.39 is 11.2 Å². The molecule has 0 radical (unpaired) electrons. The van der Waals surface area contributed by atoms with E-state index >= 15 is 0 Å². The zero-order valence-electron chi connectivity index (χ0n) is 6.97. The molecule has 76 valence electrons. The Labute approximate surface area is 74.4 Å². The molecule has 0 unspecified atom stereocenters. The van der Waals surface area contributed by atoms with Crippen molar-refractivity contribution in [1.82, 2.24) is 0 Å². The van der Waals surface area contributed by atoms with Crippen LogP contribution in [-0.2, 0) is 9.57 Å². The fourth-order valence-corrected chi connectivity index (χ4v) is 0.679. The van der Waals surface area contributed by atoms with Gasteiger partial charge in [0.05, 0.1) is 13.2 Å². The van der Waals surface area contributed by atoms with Crippen LogP contribution in [-0.4, -0.2) is 29.6 Å². The number of carbonyl (C=O) groups is 1. The third kappa shape index (κ3) is 10.5. The molecule has 0 aromatic rings. The molecule has 0 aromatic heterocycles. The summed E-state index contributed by atoms with van der Waals surface area (Å²) in [6, 6.07) is 0. The third-order valence-electron chi connectivity index (χ3n) is 1.21. The number of carboxylic acid groups (broad SMARTS) is 1. The lowest BCUT2D eigenvalue weighted by atomic mass is 10.2. The first kappa shape index (κ1) is 11.5. The molecule has 13 heavy (non-hydrogen) atoms. The second-order valence-corrected chi connectivity index (χ2v) is 2.23. The minimum Gasteiger partial charge on any atom is -0.450 e. The summed E-state index contributed by atoms with van der Waals surface area (Å²) >= 11 is 0. The number of hydrogen-bond donors (Lipinski definition) is 1. The molecule has 7 nitrogen and oxygen atoms in total. The van der Waals surface area contributed by atoms with Crippen molar-refractivity contribution < 1.29 is 24.6 Å². The lowest BCUT2D eigenvalue weighted by molar-refractivity contribution is -0.757. The highest BCUT2D eigenvalue weighted by Crippen LogP contribution is 1.96.